The molecule has 1 aliphatic carbocycles. The average molecular weight is 362 g/mol. The largest absolute Gasteiger partial charge is 0.463 e. The lowest BCUT2D eigenvalue weighted by molar-refractivity contribution is -0.138. The number of esters is 1. The van der Waals surface area contributed by atoms with Crippen LogP contribution in [-0.4, -0.2) is 26.2 Å². The van der Waals surface area contributed by atoms with Crippen molar-refractivity contribution in [3.63, 3.8) is 0 Å². The van der Waals surface area contributed by atoms with E-state index < -0.39 is 27.1 Å². The van der Waals surface area contributed by atoms with Crippen molar-refractivity contribution in [1.82, 2.24) is 0 Å². The third-order valence-corrected chi connectivity index (χ3v) is 5.51. The maximum absolute atomic E-state index is 13.1. The van der Waals surface area contributed by atoms with Crippen molar-refractivity contribution in [2.75, 3.05) is 11.3 Å². The van der Waals surface area contributed by atoms with Gasteiger partial charge in [0.15, 0.2) is 0 Å². The third-order valence-electron chi connectivity index (χ3n) is 3.45. The molecule has 0 fully saturated rings. The second-order valence-electron chi connectivity index (χ2n) is 5.07. The van der Waals surface area contributed by atoms with Gasteiger partial charge in [0.1, 0.15) is 11.1 Å². The van der Waals surface area contributed by atoms with Gasteiger partial charge in [-0.3, -0.25) is 4.72 Å². The highest BCUT2D eigenvalue weighted by molar-refractivity contribution is 7.93. The fraction of sp³-hybridized carbons (Fsp3) is 0.400. The first-order valence-corrected chi connectivity index (χ1v) is 9.11. The number of carbonyl (C=O) groups excluding carboxylic acids is 1. The molecule has 1 aliphatic rings. The lowest BCUT2D eigenvalue weighted by atomic mass is 9.99. The zero-order chi connectivity index (χ0) is 17.0. The van der Waals surface area contributed by atoms with Crippen LogP contribution < -0.4 is 4.72 Å². The molecule has 1 atom stereocenters. The fourth-order valence-corrected chi connectivity index (χ4v) is 4.30. The van der Waals surface area contributed by atoms with Crippen LogP contribution in [0.25, 0.3) is 0 Å². The van der Waals surface area contributed by atoms with Crippen LogP contribution in [0.3, 0.4) is 0 Å². The summed E-state index contributed by atoms with van der Waals surface area (Å²) in [5.74, 6) is -1.20. The van der Waals surface area contributed by atoms with E-state index in [1.165, 1.54) is 6.07 Å². The van der Waals surface area contributed by atoms with Crippen molar-refractivity contribution < 1.29 is 22.3 Å². The van der Waals surface area contributed by atoms with Gasteiger partial charge < -0.3 is 4.74 Å². The van der Waals surface area contributed by atoms with Crippen molar-refractivity contribution in [3.05, 3.63) is 40.7 Å². The zero-order valence-electron chi connectivity index (χ0n) is 12.5. The number of allylic oxidation sites excluding steroid dienone is 1. The molecule has 0 saturated heterocycles. The molecule has 23 heavy (non-hydrogen) atoms. The third kappa shape index (κ3) is 4.23. The number of ether oxygens (including phenoxy) is 1. The van der Waals surface area contributed by atoms with E-state index in [9.17, 15) is 17.6 Å². The van der Waals surface area contributed by atoms with Gasteiger partial charge in [-0.2, -0.15) is 0 Å². The molecule has 1 aromatic rings. The van der Waals surface area contributed by atoms with E-state index in [1.807, 2.05) is 0 Å². The summed E-state index contributed by atoms with van der Waals surface area (Å²) in [6.45, 7) is 1.82. The zero-order valence-corrected chi connectivity index (χ0v) is 14.1. The molecular weight excluding hydrogens is 345 g/mol. The standard InChI is InChI=1S/C15H17ClFNO4S/c1-2-22-15(19)11-5-3-4-6-14(11)23(20,21)18-13-8-7-10(17)9-12(13)16/h5,7-9,14,18H,2-4,6H2,1H3/t14-/m0/s1. The summed E-state index contributed by atoms with van der Waals surface area (Å²) in [4.78, 5) is 12.0. The Labute approximate surface area is 139 Å². The highest BCUT2D eigenvalue weighted by Crippen LogP contribution is 2.30. The highest BCUT2D eigenvalue weighted by atomic mass is 35.5. The predicted octanol–water partition coefficient (Wildman–Crippen LogP) is 3.26. The Morgan fingerprint density at radius 3 is 2.87 bits per heavy atom. The number of sulfonamides is 1. The molecule has 126 valence electrons. The van der Waals surface area contributed by atoms with Gasteiger partial charge in [-0.25, -0.2) is 17.6 Å². The first-order chi connectivity index (χ1) is 10.8. The van der Waals surface area contributed by atoms with Crippen molar-refractivity contribution in [1.29, 1.82) is 0 Å². The van der Waals surface area contributed by atoms with E-state index in [1.54, 1.807) is 13.0 Å². The number of benzene rings is 1. The van der Waals surface area contributed by atoms with Crippen molar-refractivity contribution in [3.8, 4) is 0 Å². The highest BCUT2D eigenvalue weighted by Gasteiger charge is 2.35. The minimum absolute atomic E-state index is 0.0500. The molecule has 2 rings (SSSR count). The number of anilines is 1. The van der Waals surface area contributed by atoms with E-state index in [2.05, 4.69) is 4.72 Å². The van der Waals surface area contributed by atoms with Gasteiger partial charge in [-0.05, 0) is 44.4 Å². The number of hydrogen-bond donors (Lipinski definition) is 1. The number of nitrogens with one attached hydrogen (secondary N) is 1. The van der Waals surface area contributed by atoms with E-state index >= 15 is 0 Å². The monoisotopic (exact) mass is 361 g/mol. The summed E-state index contributed by atoms with van der Waals surface area (Å²) in [6, 6.07) is 3.36. The average Bonchev–Trinajstić information content (AvgIpc) is 2.50. The number of rotatable bonds is 5. The van der Waals surface area contributed by atoms with Gasteiger partial charge in [0.25, 0.3) is 0 Å². The molecular formula is C15H17ClFNO4S. The van der Waals surface area contributed by atoms with Crippen molar-refractivity contribution >= 4 is 33.3 Å². The normalized spacial score (nSPS) is 18.2. The molecule has 1 N–H and O–H groups in total. The number of carbonyl (C=O) groups is 1. The number of hydrogen-bond acceptors (Lipinski definition) is 4. The first-order valence-electron chi connectivity index (χ1n) is 7.19. The van der Waals surface area contributed by atoms with Crippen LogP contribution in [0.2, 0.25) is 5.02 Å². The topological polar surface area (TPSA) is 72.5 Å². The minimum Gasteiger partial charge on any atom is -0.463 e. The van der Waals surface area contributed by atoms with E-state index in [0.717, 1.165) is 12.1 Å². The molecule has 0 bridgehead atoms. The molecule has 0 aliphatic heterocycles. The van der Waals surface area contributed by atoms with E-state index in [-0.39, 0.29) is 22.9 Å². The maximum Gasteiger partial charge on any atom is 0.335 e. The van der Waals surface area contributed by atoms with Gasteiger partial charge >= 0.3 is 5.97 Å². The Bertz CT molecular complexity index is 733. The lowest BCUT2D eigenvalue weighted by Gasteiger charge is -2.24. The predicted molar refractivity (Wildman–Crippen MR) is 86.3 cm³/mol. The van der Waals surface area contributed by atoms with Gasteiger partial charge in [0.2, 0.25) is 10.0 Å². The summed E-state index contributed by atoms with van der Waals surface area (Å²) in [7, 11) is -3.91. The molecule has 0 saturated carbocycles. The van der Waals surface area contributed by atoms with Crippen LogP contribution in [0.5, 0.6) is 0 Å². The Hall–Kier alpha value is -1.60. The smallest absolute Gasteiger partial charge is 0.335 e. The van der Waals surface area contributed by atoms with Crippen LogP contribution in [0, 0.1) is 5.82 Å². The van der Waals surface area contributed by atoms with Crippen LogP contribution in [0.15, 0.2) is 29.8 Å². The summed E-state index contributed by atoms with van der Waals surface area (Å²) in [5, 5.41) is -1.07. The number of halogens is 2. The Morgan fingerprint density at radius 2 is 2.22 bits per heavy atom. The summed E-state index contributed by atoms with van der Waals surface area (Å²) < 4.78 is 45.5. The van der Waals surface area contributed by atoms with Gasteiger partial charge in [0, 0.05) is 0 Å². The Balaban J connectivity index is 2.28. The molecule has 0 aromatic heterocycles. The van der Waals surface area contributed by atoms with Crippen LogP contribution in [0.1, 0.15) is 26.2 Å². The summed E-state index contributed by atoms with van der Waals surface area (Å²) in [6.07, 6.45) is 3.17. The Kier molecular flexibility index (Phi) is 5.64. The summed E-state index contributed by atoms with van der Waals surface area (Å²) >= 11 is 5.85. The minimum atomic E-state index is -3.91. The maximum atomic E-state index is 13.1. The summed E-state index contributed by atoms with van der Waals surface area (Å²) in [5.41, 5.74) is 0.200. The van der Waals surface area contributed by atoms with Crippen molar-refractivity contribution in [2.45, 2.75) is 31.4 Å². The molecule has 1 aromatic carbocycles. The second kappa shape index (κ2) is 7.31. The quantitative estimate of drug-likeness (QED) is 0.817. The van der Waals surface area contributed by atoms with E-state index in [0.29, 0.717) is 19.3 Å². The Morgan fingerprint density at radius 1 is 1.48 bits per heavy atom. The molecule has 8 heteroatoms. The van der Waals surface area contributed by atoms with E-state index in [4.69, 9.17) is 16.3 Å². The van der Waals surface area contributed by atoms with Gasteiger partial charge in [-0.1, -0.05) is 17.7 Å². The fourth-order valence-electron chi connectivity index (χ4n) is 2.40. The molecule has 0 spiro atoms. The SMILES string of the molecule is CCOC(=O)C1=CCCC[C@@H]1S(=O)(=O)Nc1ccc(F)cc1Cl. The molecule has 0 amide bonds. The van der Waals surface area contributed by atoms with Gasteiger partial charge in [-0.15, -0.1) is 0 Å². The van der Waals surface area contributed by atoms with Crippen LogP contribution in [-0.2, 0) is 19.6 Å². The van der Waals surface area contributed by atoms with Crippen LogP contribution in [0.4, 0.5) is 10.1 Å². The lowest BCUT2D eigenvalue weighted by Crippen LogP contribution is -2.34. The molecule has 5 nitrogen and oxygen atoms in total. The molecule has 0 unspecified atom stereocenters. The van der Waals surface area contributed by atoms with Crippen molar-refractivity contribution in [2.24, 2.45) is 0 Å². The van der Waals surface area contributed by atoms with Crippen LogP contribution >= 0.6 is 11.6 Å². The second-order valence-corrected chi connectivity index (χ2v) is 7.34. The van der Waals surface area contributed by atoms with Gasteiger partial charge in [0.05, 0.1) is 22.9 Å². The first kappa shape index (κ1) is 17.7. The molecule has 0 radical (unpaired) electrons. The molecule has 0 heterocycles.